The standard InChI is InChI=1S/C12H18N2O/c1-13-8-12(15)11-7-5-4-6-10(11)9-14(2)3/h4-7,13H,8-9H2,1-3H3. The maximum Gasteiger partial charge on any atom is 0.176 e. The van der Waals surface area contributed by atoms with Gasteiger partial charge in [-0.05, 0) is 26.7 Å². The summed E-state index contributed by atoms with van der Waals surface area (Å²) in [5, 5.41) is 2.88. The zero-order valence-electron chi connectivity index (χ0n) is 9.58. The summed E-state index contributed by atoms with van der Waals surface area (Å²) in [5.41, 5.74) is 1.91. The molecular weight excluding hydrogens is 188 g/mol. The van der Waals surface area contributed by atoms with Gasteiger partial charge >= 0.3 is 0 Å². The summed E-state index contributed by atoms with van der Waals surface area (Å²) in [6.45, 7) is 1.19. The molecule has 0 atom stereocenters. The molecular formula is C12H18N2O. The fourth-order valence-electron chi connectivity index (χ4n) is 1.53. The molecule has 1 aromatic rings. The van der Waals surface area contributed by atoms with E-state index in [9.17, 15) is 4.79 Å². The third-order valence-electron chi connectivity index (χ3n) is 2.14. The highest BCUT2D eigenvalue weighted by Crippen LogP contribution is 2.10. The Morgan fingerprint density at radius 3 is 2.60 bits per heavy atom. The molecule has 0 spiro atoms. The smallest absolute Gasteiger partial charge is 0.176 e. The van der Waals surface area contributed by atoms with E-state index in [2.05, 4.69) is 10.2 Å². The van der Waals surface area contributed by atoms with Gasteiger partial charge in [-0.15, -0.1) is 0 Å². The summed E-state index contributed by atoms with van der Waals surface area (Å²) in [5.74, 6) is 0.148. The molecule has 1 aromatic carbocycles. The van der Waals surface area contributed by atoms with Gasteiger partial charge in [-0.1, -0.05) is 24.3 Å². The van der Waals surface area contributed by atoms with Crippen LogP contribution < -0.4 is 5.32 Å². The molecule has 0 aliphatic rings. The van der Waals surface area contributed by atoms with Crippen molar-refractivity contribution in [1.29, 1.82) is 0 Å². The van der Waals surface area contributed by atoms with E-state index in [1.54, 1.807) is 7.05 Å². The van der Waals surface area contributed by atoms with Gasteiger partial charge in [0.05, 0.1) is 6.54 Å². The number of ketones is 1. The zero-order valence-corrected chi connectivity index (χ0v) is 9.58. The van der Waals surface area contributed by atoms with Crippen molar-refractivity contribution in [2.24, 2.45) is 0 Å². The van der Waals surface area contributed by atoms with Crippen LogP contribution in [0.2, 0.25) is 0 Å². The number of benzene rings is 1. The van der Waals surface area contributed by atoms with Gasteiger partial charge in [-0.3, -0.25) is 4.79 Å². The molecule has 82 valence electrons. The van der Waals surface area contributed by atoms with Crippen molar-refractivity contribution in [3.8, 4) is 0 Å². The van der Waals surface area contributed by atoms with Gasteiger partial charge in [-0.2, -0.15) is 0 Å². The molecule has 0 aromatic heterocycles. The van der Waals surface area contributed by atoms with Crippen LogP contribution in [0, 0.1) is 0 Å². The molecule has 3 nitrogen and oxygen atoms in total. The van der Waals surface area contributed by atoms with Gasteiger partial charge in [0.25, 0.3) is 0 Å². The third kappa shape index (κ3) is 3.46. The van der Waals surface area contributed by atoms with Gasteiger partial charge in [0.2, 0.25) is 0 Å². The van der Waals surface area contributed by atoms with Gasteiger partial charge in [-0.25, -0.2) is 0 Å². The van der Waals surface area contributed by atoms with E-state index in [-0.39, 0.29) is 5.78 Å². The van der Waals surface area contributed by atoms with Crippen LogP contribution in [-0.2, 0) is 6.54 Å². The summed E-state index contributed by atoms with van der Waals surface area (Å²) in [4.78, 5) is 13.8. The Hall–Kier alpha value is -1.19. The number of nitrogens with one attached hydrogen (secondary N) is 1. The van der Waals surface area contributed by atoms with Crippen molar-refractivity contribution >= 4 is 5.78 Å². The Balaban J connectivity index is 2.90. The second-order valence-electron chi connectivity index (χ2n) is 3.85. The zero-order chi connectivity index (χ0) is 11.3. The van der Waals surface area contributed by atoms with Crippen LogP contribution in [0.4, 0.5) is 0 Å². The quantitative estimate of drug-likeness (QED) is 0.733. The summed E-state index contributed by atoms with van der Waals surface area (Å²) in [6, 6.07) is 7.76. The maximum atomic E-state index is 11.8. The van der Waals surface area contributed by atoms with Crippen LogP contribution in [0.1, 0.15) is 15.9 Å². The minimum absolute atomic E-state index is 0.148. The number of carbonyl (C=O) groups is 1. The Morgan fingerprint density at radius 1 is 1.33 bits per heavy atom. The van der Waals surface area contributed by atoms with Crippen molar-refractivity contribution in [3.05, 3.63) is 35.4 Å². The molecule has 0 fully saturated rings. The monoisotopic (exact) mass is 206 g/mol. The number of rotatable bonds is 5. The van der Waals surface area contributed by atoms with Crippen LogP contribution >= 0.6 is 0 Å². The number of likely N-dealkylation sites (N-methyl/N-ethyl adjacent to an activating group) is 1. The average molecular weight is 206 g/mol. The first kappa shape index (κ1) is 11.9. The first-order valence-electron chi connectivity index (χ1n) is 5.05. The van der Waals surface area contributed by atoms with Gasteiger partial charge in [0.1, 0.15) is 0 Å². The van der Waals surface area contributed by atoms with E-state index >= 15 is 0 Å². The highest BCUT2D eigenvalue weighted by Gasteiger charge is 2.09. The Bertz CT molecular complexity index is 334. The van der Waals surface area contributed by atoms with Gasteiger partial charge in [0.15, 0.2) is 5.78 Å². The number of nitrogens with zero attached hydrogens (tertiary/aromatic N) is 1. The second kappa shape index (κ2) is 5.63. The maximum absolute atomic E-state index is 11.8. The molecule has 1 N–H and O–H groups in total. The summed E-state index contributed by atoms with van der Waals surface area (Å²) < 4.78 is 0. The first-order valence-corrected chi connectivity index (χ1v) is 5.05. The number of carbonyl (C=O) groups excluding carboxylic acids is 1. The molecule has 0 heterocycles. The predicted molar refractivity (Wildman–Crippen MR) is 62.1 cm³/mol. The summed E-state index contributed by atoms with van der Waals surface area (Å²) in [6.07, 6.45) is 0. The number of hydrogen-bond donors (Lipinski definition) is 1. The topological polar surface area (TPSA) is 32.3 Å². The molecule has 0 amide bonds. The lowest BCUT2D eigenvalue weighted by molar-refractivity contribution is 0.0992. The molecule has 0 radical (unpaired) electrons. The second-order valence-corrected chi connectivity index (χ2v) is 3.85. The van der Waals surface area contributed by atoms with Crippen LogP contribution in [-0.4, -0.2) is 38.4 Å². The molecule has 0 saturated heterocycles. The molecule has 1 rings (SSSR count). The lowest BCUT2D eigenvalue weighted by Crippen LogP contribution is -2.21. The highest BCUT2D eigenvalue weighted by atomic mass is 16.1. The van der Waals surface area contributed by atoms with Crippen molar-refractivity contribution < 1.29 is 4.79 Å². The van der Waals surface area contributed by atoms with Crippen LogP contribution in [0.3, 0.4) is 0 Å². The normalized spacial score (nSPS) is 10.7. The van der Waals surface area contributed by atoms with Crippen LogP contribution in [0.15, 0.2) is 24.3 Å². The minimum atomic E-state index is 0.148. The van der Waals surface area contributed by atoms with Crippen molar-refractivity contribution in [2.45, 2.75) is 6.54 Å². The van der Waals surface area contributed by atoms with Crippen LogP contribution in [0.5, 0.6) is 0 Å². The SMILES string of the molecule is CNCC(=O)c1ccccc1CN(C)C. The molecule has 0 bridgehead atoms. The summed E-state index contributed by atoms with van der Waals surface area (Å²) in [7, 11) is 5.78. The van der Waals surface area contributed by atoms with E-state index in [0.717, 1.165) is 17.7 Å². The van der Waals surface area contributed by atoms with E-state index in [0.29, 0.717) is 6.54 Å². The van der Waals surface area contributed by atoms with Crippen molar-refractivity contribution in [3.63, 3.8) is 0 Å². The minimum Gasteiger partial charge on any atom is -0.313 e. The van der Waals surface area contributed by atoms with Gasteiger partial charge in [0, 0.05) is 12.1 Å². The molecule has 0 unspecified atom stereocenters. The summed E-state index contributed by atoms with van der Waals surface area (Å²) >= 11 is 0. The molecule has 3 heteroatoms. The lowest BCUT2D eigenvalue weighted by Gasteiger charge is -2.13. The Labute approximate surface area is 91.1 Å². The van der Waals surface area contributed by atoms with Gasteiger partial charge < -0.3 is 10.2 Å². The number of hydrogen-bond acceptors (Lipinski definition) is 3. The van der Waals surface area contributed by atoms with Crippen molar-refractivity contribution in [2.75, 3.05) is 27.7 Å². The van der Waals surface area contributed by atoms with Crippen LogP contribution in [0.25, 0.3) is 0 Å². The van der Waals surface area contributed by atoms with E-state index in [4.69, 9.17) is 0 Å². The largest absolute Gasteiger partial charge is 0.313 e. The first-order chi connectivity index (χ1) is 7.15. The fraction of sp³-hybridized carbons (Fsp3) is 0.417. The fourth-order valence-corrected chi connectivity index (χ4v) is 1.53. The van der Waals surface area contributed by atoms with E-state index in [1.165, 1.54) is 0 Å². The highest BCUT2D eigenvalue weighted by molar-refractivity contribution is 5.98. The Kier molecular flexibility index (Phi) is 4.46. The predicted octanol–water partition coefficient (Wildman–Crippen LogP) is 1.15. The molecule has 15 heavy (non-hydrogen) atoms. The molecule has 0 aliphatic heterocycles. The Morgan fingerprint density at radius 2 is 2.00 bits per heavy atom. The number of Topliss-reactive ketones (excluding diaryl/α,β-unsaturated/α-hetero) is 1. The molecule has 0 saturated carbocycles. The average Bonchev–Trinajstić information content (AvgIpc) is 2.18. The van der Waals surface area contributed by atoms with E-state index in [1.807, 2.05) is 38.4 Å². The molecule has 0 aliphatic carbocycles. The lowest BCUT2D eigenvalue weighted by atomic mass is 10.0. The van der Waals surface area contributed by atoms with Crippen molar-refractivity contribution in [1.82, 2.24) is 10.2 Å². The van der Waals surface area contributed by atoms with E-state index < -0.39 is 0 Å². The third-order valence-corrected chi connectivity index (χ3v) is 2.14.